The molecule has 2 saturated heterocycles. The highest BCUT2D eigenvalue weighted by atomic mass is 19.1. The molecule has 6 heteroatoms. The Bertz CT molecular complexity index is 771. The maximum atomic E-state index is 13.6. The van der Waals surface area contributed by atoms with Crippen LogP contribution in [0.5, 0.6) is 0 Å². The Labute approximate surface area is 164 Å². The number of halogens is 2. The van der Waals surface area contributed by atoms with Crippen molar-refractivity contribution in [2.24, 2.45) is 0 Å². The highest BCUT2D eigenvalue weighted by Gasteiger charge is 2.49. The smallest absolute Gasteiger partial charge is 0.237 e. The Balaban J connectivity index is 1.61. The molecule has 0 unspecified atom stereocenters. The number of nitrogens with one attached hydrogen (secondary N) is 1. The summed E-state index contributed by atoms with van der Waals surface area (Å²) < 4.78 is 27.0. The SMILES string of the molecule is O=C1N(CCN2CCNCC2)CCC1(c1ccc(F)cc1)c1ccc(F)cc1. The molecule has 0 aromatic heterocycles. The van der Waals surface area contributed by atoms with Gasteiger partial charge in [0.1, 0.15) is 17.0 Å². The highest BCUT2D eigenvalue weighted by Crippen LogP contribution is 2.42. The van der Waals surface area contributed by atoms with E-state index >= 15 is 0 Å². The summed E-state index contributed by atoms with van der Waals surface area (Å²) in [5, 5.41) is 3.33. The van der Waals surface area contributed by atoms with E-state index in [4.69, 9.17) is 0 Å². The van der Waals surface area contributed by atoms with E-state index in [9.17, 15) is 13.6 Å². The maximum absolute atomic E-state index is 13.6. The molecule has 2 heterocycles. The number of carbonyl (C=O) groups is 1. The monoisotopic (exact) mass is 385 g/mol. The summed E-state index contributed by atoms with van der Waals surface area (Å²) in [5.74, 6) is -0.654. The lowest BCUT2D eigenvalue weighted by Gasteiger charge is -2.31. The first-order chi connectivity index (χ1) is 13.6. The second-order valence-corrected chi connectivity index (χ2v) is 7.55. The van der Waals surface area contributed by atoms with E-state index in [-0.39, 0.29) is 17.5 Å². The first-order valence-electron chi connectivity index (χ1n) is 9.84. The fourth-order valence-electron chi connectivity index (χ4n) is 4.36. The standard InChI is InChI=1S/C22H25F2N3O/c23-19-5-1-17(2-6-19)22(18-3-7-20(24)8-4-18)9-12-27(21(22)28)16-15-26-13-10-25-11-14-26/h1-8,25H,9-16H2. The molecule has 0 saturated carbocycles. The molecule has 0 atom stereocenters. The van der Waals surface area contributed by atoms with E-state index in [1.54, 1.807) is 24.3 Å². The Morgan fingerprint density at radius 1 is 0.821 bits per heavy atom. The number of likely N-dealkylation sites (tertiary alicyclic amines) is 1. The van der Waals surface area contributed by atoms with Crippen molar-refractivity contribution in [3.63, 3.8) is 0 Å². The number of rotatable bonds is 5. The molecule has 0 spiro atoms. The van der Waals surface area contributed by atoms with Gasteiger partial charge in [0.25, 0.3) is 0 Å². The number of hydrogen-bond acceptors (Lipinski definition) is 3. The van der Waals surface area contributed by atoms with Gasteiger partial charge in [0.15, 0.2) is 0 Å². The quantitative estimate of drug-likeness (QED) is 0.859. The van der Waals surface area contributed by atoms with Crippen LogP contribution in [0.2, 0.25) is 0 Å². The molecule has 2 fully saturated rings. The predicted octanol–water partition coefficient (Wildman–Crippen LogP) is 2.39. The zero-order valence-electron chi connectivity index (χ0n) is 15.8. The van der Waals surface area contributed by atoms with Crippen LogP contribution in [0, 0.1) is 11.6 Å². The summed E-state index contributed by atoms with van der Waals surface area (Å²) >= 11 is 0. The zero-order valence-corrected chi connectivity index (χ0v) is 15.8. The molecular weight excluding hydrogens is 360 g/mol. The number of benzene rings is 2. The van der Waals surface area contributed by atoms with E-state index in [0.29, 0.717) is 19.5 Å². The molecule has 1 N–H and O–H groups in total. The first-order valence-corrected chi connectivity index (χ1v) is 9.84. The largest absolute Gasteiger partial charge is 0.340 e. The molecular formula is C22H25F2N3O. The Morgan fingerprint density at radius 3 is 1.89 bits per heavy atom. The number of piperazine rings is 1. The average Bonchev–Trinajstić information content (AvgIpc) is 3.05. The lowest BCUT2D eigenvalue weighted by molar-refractivity contribution is -0.131. The summed E-state index contributed by atoms with van der Waals surface area (Å²) in [6.07, 6.45) is 0.602. The number of hydrogen-bond donors (Lipinski definition) is 1. The Morgan fingerprint density at radius 2 is 1.36 bits per heavy atom. The van der Waals surface area contributed by atoms with Crippen molar-refractivity contribution < 1.29 is 13.6 Å². The molecule has 4 rings (SSSR count). The topological polar surface area (TPSA) is 35.6 Å². The van der Waals surface area contributed by atoms with E-state index < -0.39 is 5.41 Å². The normalized spacial score (nSPS) is 19.9. The van der Waals surface area contributed by atoms with Crippen molar-refractivity contribution in [1.82, 2.24) is 15.1 Å². The van der Waals surface area contributed by atoms with Crippen LogP contribution in [-0.2, 0) is 10.2 Å². The van der Waals surface area contributed by atoms with Crippen LogP contribution in [0.15, 0.2) is 48.5 Å². The van der Waals surface area contributed by atoms with Crippen LogP contribution in [-0.4, -0.2) is 61.5 Å². The molecule has 148 valence electrons. The van der Waals surface area contributed by atoms with Crippen molar-refractivity contribution in [2.75, 3.05) is 45.8 Å². The molecule has 2 aromatic rings. The van der Waals surface area contributed by atoms with Gasteiger partial charge < -0.3 is 10.2 Å². The summed E-state index contributed by atoms with van der Waals surface area (Å²) in [7, 11) is 0. The third-order valence-electron chi connectivity index (χ3n) is 5.98. The average molecular weight is 385 g/mol. The van der Waals surface area contributed by atoms with Crippen LogP contribution >= 0.6 is 0 Å². The second kappa shape index (κ2) is 7.97. The van der Waals surface area contributed by atoms with Gasteiger partial charge in [-0.25, -0.2) is 8.78 Å². The zero-order chi connectivity index (χ0) is 19.6. The van der Waals surface area contributed by atoms with Gasteiger partial charge in [-0.05, 0) is 41.8 Å². The van der Waals surface area contributed by atoms with Crippen molar-refractivity contribution in [2.45, 2.75) is 11.8 Å². The fraction of sp³-hybridized carbons (Fsp3) is 0.409. The molecule has 0 aliphatic carbocycles. The molecule has 4 nitrogen and oxygen atoms in total. The predicted molar refractivity (Wildman–Crippen MR) is 104 cm³/mol. The van der Waals surface area contributed by atoms with Gasteiger partial charge in [-0.1, -0.05) is 24.3 Å². The van der Waals surface area contributed by atoms with Crippen molar-refractivity contribution in [3.8, 4) is 0 Å². The summed E-state index contributed by atoms with van der Waals surface area (Å²) in [5.41, 5.74) is 0.635. The third kappa shape index (κ3) is 3.54. The highest BCUT2D eigenvalue weighted by molar-refractivity contribution is 5.94. The summed E-state index contributed by atoms with van der Waals surface area (Å²) in [6.45, 7) is 6.08. The van der Waals surface area contributed by atoms with Gasteiger partial charge in [-0.3, -0.25) is 9.69 Å². The number of carbonyl (C=O) groups excluding carboxylic acids is 1. The maximum Gasteiger partial charge on any atom is 0.237 e. The van der Waals surface area contributed by atoms with Crippen LogP contribution in [0.4, 0.5) is 8.78 Å². The Kier molecular flexibility index (Phi) is 5.42. The van der Waals surface area contributed by atoms with Gasteiger partial charge >= 0.3 is 0 Å². The van der Waals surface area contributed by atoms with Gasteiger partial charge in [0.2, 0.25) is 5.91 Å². The van der Waals surface area contributed by atoms with E-state index in [2.05, 4.69) is 10.2 Å². The third-order valence-corrected chi connectivity index (χ3v) is 5.98. The van der Waals surface area contributed by atoms with Crippen molar-refractivity contribution >= 4 is 5.91 Å². The van der Waals surface area contributed by atoms with Gasteiger partial charge in [-0.2, -0.15) is 0 Å². The lowest BCUT2D eigenvalue weighted by atomic mass is 9.73. The minimum atomic E-state index is -0.884. The van der Waals surface area contributed by atoms with Gasteiger partial charge in [0, 0.05) is 45.8 Å². The first kappa shape index (κ1) is 19.0. The number of amides is 1. The van der Waals surface area contributed by atoms with Crippen LogP contribution in [0.1, 0.15) is 17.5 Å². The van der Waals surface area contributed by atoms with E-state index in [0.717, 1.165) is 43.9 Å². The summed E-state index contributed by atoms with van der Waals surface area (Å²) in [6, 6.07) is 12.3. The fourth-order valence-corrected chi connectivity index (χ4v) is 4.36. The minimum Gasteiger partial charge on any atom is -0.340 e. The second-order valence-electron chi connectivity index (χ2n) is 7.55. The molecule has 1 amide bonds. The minimum absolute atomic E-state index is 0.0147. The van der Waals surface area contributed by atoms with Crippen molar-refractivity contribution in [1.29, 1.82) is 0 Å². The van der Waals surface area contributed by atoms with Gasteiger partial charge in [-0.15, -0.1) is 0 Å². The summed E-state index contributed by atoms with van der Waals surface area (Å²) in [4.78, 5) is 17.8. The van der Waals surface area contributed by atoms with Crippen LogP contribution in [0.25, 0.3) is 0 Å². The van der Waals surface area contributed by atoms with E-state index in [1.807, 2.05) is 4.90 Å². The lowest BCUT2D eigenvalue weighted by Crippen LogP contribution is -2.47. The van der Waals surface area contributed by atoms with Crippen LogP contribution < -0.4 is 5.32 Å². The van der Waals surface area contributed by atoms with Crippen molar-refractivity contribution in [3.05, 3.63) is 71.3 Å². The van der Waals surface area contributed by atoms with Crippen LogP contribution in [0.3, 0.4) is 0 Å². The Hall–Kier alpha value is -2.31. The van der Waals surface area contributed by atoms with E-state index in [1.165, 1.54) is 24.3 Å². The molecule has 0 radical (unpaired) electrons. The molecule has 28 heavy (non-hydrogen) atoms. The number of nitrogens with zero attached hydrogens (tertiary/aromatic N) is 2. The molecule has 2 aromatic carbocycles. The molecule has 2 aliphatic rings. The molecule has 2 aliphatic heterocycles. The van der Waals surface area contributed by atoms with Gasteiger partial charge in [0.05, 0.1) is 0 Å². The molecule has 0 bridgehead atoms.